The van der Waals surface area contributed by atoms with Gasteiger partial charge in [0.2, 0.25) is 0 Å². The molecule has 0 saturated heterocycles. The molecule has 0 unspecified atom stereocenters. The van der Waals surface area contributed by atoms with Crippen molar-refractivity contribution in [2.75, 3.05) is 17.7 Å². The maximum atomic E-state index is 5.64. The summed E-state index contributed by atoms with van der Waals surface area (Å²) in [6.45, 7) is 0.864. The van der Waals surface area contributed by atoms with E-state index in [0.717, 1.165) is 21.2 Å². The predicted molar refractivity (Wildman–Crippen MR) is 70.7 cm³/mol. The first-order valence-electron chi connectivity index (χ1n) is 4.30. The van der Waals surface area contributed by atoms with Gasteiger partial charge in [0.25, 0.3) is 0 Å². The van der Waals surface area contributed by atoms with Crippen LogP contribution in [0.2, 0.25) is 0 Å². The topological polar surface area (TPSA) is 42.2 Å². The molecule has 2 aromatic heterocycles. The summed E-state index contributed by atoms with van der Waals surface area (Å²) in [5, 5.41) is 3.79. The Morgan fingerprint density at radius 3 is 2.93 bits per heavy atom. The minimum atomic E-state index is 0.754. The van der Waals surface area contributed by atoms with E-state index >= 15 is 0 Å². The van der Waals surface area contributed by atoms with Gasteiger partial charge >= 0.3 is 0 Å². The zero-order valence-electron chi connectivity index (χ0n) is 8.11. The molecule has 6 heteroatoms. The number of aromatic nitrogens is 1. The Hall–Kier alpha value is -0.590. The van der Waals surface area contributed by atoms with Crippen molar-refractivity contribution in [2.24, 2.45) is 0 Å². The second-order valence-corrected chi connectivity index (χ2v) is 6.08. The summed E-state index contributed by atoms with van der Waals surface area (Å²) in [7, 11) is 2.02. The Balaban J connectivity index is 2.06. The molecule has 3 nitrogen and oxygen atoms in total. The SMILES string of the molecule is CN(Cc1cc(Br)cs1)c1ncc(N)s1. The Morgan fingerprint density at radius 1 is 1.60 bits per heavy atom. The van der Waals surface area contributed by atoms with Crippen LogP contribution in [0.5, 0.6) is 0 Å². The summed E-state index contributed by atoms with van der Waals surface area (Å²) < 4.78 is 1.13. The van der Waals surface area contributed by atoms with E-state index in [2.05, 4.69) is 37.3 Å². The van der Waals surface area contributed by atoms with Crippen molar-refractivity contribution in [1.29, 1.82) is 0 Å². The highest BCUT2D eigenvalue weighted by atomic mass is 79.9. The van der Waals surface area contributed by atoms with Crippen molar-refractivity contribution in [2.45, 2.75) is 6.54 Å². The Labute approximate surface area is 105 Å². The lowest BCUT2D eigenvalue weighted by molar-refractivity contribution is 0.931. The molecule has 0 radical (unpaired) electrons. The van der Waals surface area contributed by atoms with Crippen LogP contribution in [-0.2, 0) is 6.54 Å². The number of rotatable bonds is 3. The minimum absolute atomic E-state index is 0.754. The van der Waals surface area contributed by atoms with Crippen LogP contribution in [0, 0.1) is 0 Å². The van der Waals surface area contributed by atoms with E-state index in [0.29, 0.717) is 0 Å². The van der Waals surface area contributed by atoms with Gasteiger partial charge in [-0.3, -0.25) is 0 Å². The minimum Gasteiger partial charge on any atom is -0.389 e. The highest BCUT2D eigenvalue weighted by molar-refractivity contribution is 9.10. The van der Waals surface area contributed by atoms with Gasteiger partial charge in [-0.25, -0.2) is 4.98 Å². The number of anilines is 2. The second kappa shape index (κ2) is 4.51. The van der Waals surface area contributed by atoms with E-state index in [1.54, 1.807) is 17.5 Å². The molecule has 0 bridgehead atoms. The second-order valence-electron chi connectivity index (χ2n) is 3.13. The molecular weight excluding hydrogens is 294 g/mol. The van der Waals surface area contributed by atoms with Gasteiger partial charge in [0.1, 0.15) is 5.00 Å². The van der Waals surface area contributed by atoms with Crippen molar-refractivity contribution < 1.29 is 0 Å². The molecule has 2 aromatic rings. The Bertz CT molecular complexity index is 452. The molecule has 15 heavy (non-hydrogen) atoms. The standard InChI is InChI=1S/C9H10BrN3S2/c1-13(9-12-3-8(11)15-9)4-7-2-6(10)5-14-7/h2-3,5H,4,11H2,1H3. The Morgan fingerprint density at radius 2 is 2.40 bits per heavy atom. The van der Waals surface area contributed by atoms with Crippen LogP contribution in [-0.4, -0.2) is 12.0 Å². The first-order chi connectivity index (χ1) is 7.15. The third-order valence-electron chi connectivity index (χ3n) is 1.85. The van der Waals surface area contributed by atoms with E-state index in [1.807, 2.05) is 7.05 Å². The van der Waals surface area contributed by atoms with Crippen LogP contribution >= 0.6 is 38.6 Å². The van der Waals surface area contributed by atoms with Gasteiger partial charge < -0.3 is 10.6 Å². The highest BCUT2D eigenvalue weighted by Gasteiger charge is 2.07. The lowest BCUT2D eigenvalue weighted by Gasteiger charge is -2.13. The highest BCUT2D eigenvalue weighted by Crippen LogP contribution is 2.26. The molecule has 0 amide bonds. The fourth-order valence-corrected chi connectivity index (χ4v) is 3.34. The third kappa shape index (κ3) is 2.70. The van der Waals surface area contributed by atoms with Crippen molar-refractivity contribution in [3.63, 3.8) is 0 Å². The molecule has 0 aliphatic rings. The summed E-state index contributed by atoms with van der Waals surface area (Å²) in [4.78, 5) is 7.63. The molecule has 2 rings (SSSR count). The molecule has 0 aliphatic heterocycles. The van der Waals surface area contributed by atoms with E-state index in [-0.39, 0.29) is 0 Å². The first kappa shape index (κ1) is 10.9. The number of hydrogen-bond acceptors (Lipinski definition) is 5. The number of hydrogen-bond donors (Lipinski definition) is 1. The quantitative estimate of drug-likeness (QED) is 0.947. The Kier molecular flexibility index (Phi) is 3.28. The zero-order valence-corrected chi connectivity index (χ0v) is 11.3. The number of nitrogens with zero attached hydrogens (tertiary/aromatic N) is 2. The van der Waals surface area contributed by atoms with Crippen LogP contribution < -0.4 is 10.6 Å². The molecule has 0 fully saturated rings. The fourth-order valence-electron chi connectivity index (χ4n) is 1.19. The number of nitrogen functional groups attached to an aromatic ring is 1. The summed E-state index contributed by atoms with van der Waals surface area (Å²) in [6.07, 6.45) is 1.70. The van der Waals surface area contributed by atoms with Crippen LogP contribution in [0.3, 0.4) is 0 Å². The zero-order chi connectivity index (χ0) is 10.8. The smallest absolute Gasteiger partial charge is 0.187 e. The van der Waals surface area contributed by atoms with Crippen LogP contribution in [0.1, 0.15) is 4.88 Å². The van der Waals surface area contributed by atoms with Crippen molar-refractivity contribution >= 4 is 48.7 Å². The molecule has 2 N–H and O–H groups in total. The van der Waals surface area contributed by atoms with Crippen LogP contribution in [0.4, 0.5) is 10.1 Å². The molecular formula is C9H10BrN3S2. The molecule has 0 aliphatic carbocycles. The average molecular weight is 304 g/mol. The third-order valence-corrected chi connectivity index (χ3v) is 4.48. The van der Waals surface area contributed by atoms with Crippen molar-refractivity contribution in [3.8, 4) is 0 Å². The molecule has 0 saturated carbocycles. The number of nitrogens with two attached hydrogens (primary N) is 1. The molecule has 0 atom stereocenters. The first-order valence-corrected chi connectivity index (χ1v) is 6.79. The predicted octanol–water partition coefficient (Wildman–Crippen LogP) is 3.19. The molecule has 80 valence electrons. The number of thiophene rings is 1. The lowest BCUT2D eigenvalue weighted by atomic mass is 10.4. The van der Waals surface area contributed by atoms with Gasteiger partial charge in [0, 0.05) is 21.8 Å². The maximum Gasteiger partial charge on any atom is 0.187 e. The summed E-state index contributed by atoms with van der Waals surface area (Å²) >= 11 is 6.69. The number of halogens is 1. The monoisotopic (exact) mass is 303 g/mol. The summed E-state index contributed by atoms with van der Waals surface area (Å²) in [5.41, 5.74) is 5.64. The maximum absolute atomic E-state index is 5.64. The van der Waals surface area contributed by atoms with Crippen LogP contribution in [0.15, 0.2) is 22.1 Å². The largest absolute Gasteiger partial charge is 0.389 e. The van der Waals surface area contributed by atoms with Crippen molar-refractivity contribution in [1.82, 2.24) is 4.98 Å². The molecule has 0 spiro atoms. The summed E-state index contributed by atoms with van der Waals surface area (Å²) in [5.74, 6) is 0. The average Bonchev–Trinajstić information content (AvgIpc) is 2.75. The van der Waals surface area contributed by atoms with E-state index in [9.17, 15) is 0 Å². The van der Waals surface area contributed by atoms with Crippen molar-refractivity contribution in [3.05, 3.63) is 27.0 Å². The summed E-state index contributed by atoms with van der Waals surface area (Å²) in [6, 6.07) is 2.12. The molecule has 0 aromatic carbocycles. The van der Waals surface area contributed by atoms with Gasteiger partial charge in [-0.1, -0.05) is 11.3 Å². The van der Waals surface area contributed by atoms with Gasteiger partial charge in [-0.15, -0.1) is 11.3 Å². The molecule has 2 heterocycles. The normalized spacial score (nSPS) is 10.5. The number of thiazole rings is 1. The van der Waals surface area contributed by atoms with E-state index in [4.69, 9.17) is 5.73 Å². The van der Waals surface area contributed by atoms with Gasteiger partial charge in [-0.05, 0) is 22.0 Å². The van der Waals surface area contributed by atoms with Gasteiger partial charge in [0.15, 0.2) is 5.13 Å². The van der Waals surface area contributed by atoms with E-state index < -0.39 is 0 Å². The van der Waals surface area contributed by atoms with E-state index in [1.165, 1.54) is 16.2 Å². The lowest BCUT2D eigenvalue weighted by Crippen LogP contribution is -2.14. The van der Waals surface area contributed by atoms with Gasteiger partial charge in [0.05, 0.1) is 12.7 Å². The van der Waals surface area contributed by atoms with Gasteiger partial charge in [-0.2, -0.15) is 0 Å². The van der Waals surface area contributed by atoms with Crippen LogP contribution in [0.25, 0.3) is 0 Å². The fraction of sp³-hybridized carbons (Fsp3) is 0.222.